The summed E-state index contributed by atoms with van der Waals surface area (Å²) in [5.41, 5.74) is 3.51. The highest BCUT2D eigenvalue weighted by atomic mass is 35.5. The van der Waals surface area contributed by atoms with Gasteiger partial charge >= 0.3 is 0 Å². The molecule has 0 aliphatic heterocycles. The van der Waals surface area contributed by atoms with Crippen molar-refractivity contribution in [3.8, 4) is 5.75 Å². The molecule has 1 N–H and O–H groups in total. The minimum atomic E-state index is 0.803. The molecule has 100 valence electrons. The third-order valence-electron chi connectivity index (χ3n) is 3.03. The Morgan fingerprint density at radius 1 is 1.05 bits per heavy atom. The van der Waals surface area contributed by atoms with Gasteiger partial charge in [0, 0.05) is 18.1 Å². The van der Waals surface area contributed by atoms with Crippen molar-refractivity contribution in [1.29, 1.82) is 0 Å². The predicted molar refractivity (Wildman–Crippen MR) is 79.7 cm³/mol. The van der Waals surface area contributed by atoms with Crippen molar-refractivity contribution < 1.29 is 4.74 Å². The third kappa shape index (κ3) is 3.98. The van der Waals surface area contributed by atoms with Gasteiger partial charge in [0.05, 0.1) is 7.11 Å². The molecule has 0 fully saturated rings. The molecule has 0 bridgehead atoms. The van der Waals surface area contributed by atoms with Gasteiger partial charge in [-0.15, -0.1) is 0 Å². The number of benzene rings is 2. The average molecular weight is 276 g/mol. The highest BCUT2D eigenvalue weighted by Gasteiger charge is 1.99. The topological polar surface area (TPSA) is 21.3 Å². The molecule has 0 heterocycles. The Labute approximate surface area is 119 Å². The third-order valence-corrected chi connectivity index (χ3v) is 3.44. The normalized spacial score (nSPS) is 10.5. The molecule has 0 aliphatic carbocycles. The lowest BCUT2D eigenvalue weighted by molar-refractivity contribution is 0.414. The van der Waals surface area contributed by atoms with Crippen molar-refractivity contribution >= 4 is 11.6 Å². The Bertz CT molecular complexity index is 554. The van der Waals surface area contributed by atoms with E-state index in [0.29, 0.717) is 0 Å². The molecule has 2 nitrogen and oxygen atoms in total. The Balaban J connectivity index is 1.90. The number of hydrogen-bond donors (Lipinski definition) is 1. The summed E-state index contributed by atoms with van der Waals surface area (Å²) in [6, 6.07) is 14.2. The maximum Gasteiger partial charge on any atom is 0.119 e. The van der Waals surface area contributed by atoms with E-state index in [-0.39, 0.29) is 0 Å². The van der Waals surface area contributed by atoms with Crippen molar-refractivity contribution in [2.24, 2.45) is 0 Å². The molecule has 2 aromatic rings. The summed E-state index contributed by atoms with van der Waals surface area (Å²) >= 11 is 6.11. The van der Waals surface area contributed by atoms with Crippen LogP contribution in [-0.4, -0.2) is 7.11 Å². The number of methoxy groups -OCH3 is 1. The standard InChI is InChI=1S/C16H18ClNO/c1-12-6-7-14(9-16(12)17)11-18-10-13-4-3-5-15(8-13)19-2/h3-9,18H,10-11H2,1-2H3. The van der Waals surface area contributed by atoms with Crippen LogP contribution in [0, 0.1) is 6.92 Å². The van der Waals surface area contributed by atoms with Crippen LogP contribution in [0.3, 0.4) is 0 Å². The first kappa shape index (κ1) is 13.9. The first-order chi connectivity index (χ1) is 9.19. The first-order valence-electron chi connectivity index (χ1n) is 6.27. The maximum atomic E-state index is 6.11. The number of nitrogens with one attached hydrogen (secondary N) is 1. The summed E-state index contributed by atoms with van der Waals surface area (Å²) in [5.74, 6) is 0.887. The second kappa shape index (κ2) is 6.60. The SMILES string of the molecule is COc1cccc(CNCc2ccc(C)c(Cl)c2)c1. The Morgan fingerprint density at radius 3 is 2.47 bits per heavy atom. The van der Waals surface area contributed by atoms with Gasteiger partial charge in [-0.05, 0) is 41.8 Å². The molecule has 0 atom stereocenters. The number of rotatable bonds is 5. The van der Waals surface area contributed by atoms with Crippen LogP contribution < -0.4 is 10.1 Å². The largest absolute Gasteiger partial charge is 0.497 e. The van der Waals surface area contributed by atoms with E-state index in [1.165, 1.54) is 11.1 Å². The van der Waals surface area contributed by atoms with Crippen molar-refractivity contribution in [3.05, 3.63) is 64.2 Å². The Hall–Kier alpha value is -1.51. The van der Waals surface area contributed by atoms with Crippen LogP contribution in [0.1, 0.15) is 16.7 Å². The molecule has 0 aliphatic rings. The number of halogens is 1. The monoisotopic (exact) mass is 275 g/mol. The van der Waals surface area contributed by atoms with E-state index >= 15 is 0 Å². The van der Waals surface area contributed by atoms with E-state index in [9.17, 15) is 0 Å². The molecule has 0 spiro atoms. The summed E-state index contributed by atoms with van der Waals surface area (Å²) in [7, 11) is 1.68. The second-order valence-corrected chi connectivity index (χ2v) is 4.95. The molecular weight excluding hydrogens is 258 g/mol. The number of aryl methyl sites for hydroxylation is 1. The van der Waals surface area contributed by atoms with Gasteiger partial charge in [0.15, 0.2) is 0 Å². The molecule has 3 heteroatoms. The lowest BCUT2D eigenvalue weighted by Crippen LogP contribution is -2.12. The molecule has 0 amide bonds. The Morgan fingerprint density at radius 2 is 1.79 bits per heavy atom. The number of hydrogen-bond acceptors (Lipinski definition) is 2. The highest BCUT2D eigenvalue weighted by molar-refractivity contribution is 6.31. The van der Waals surface area contributed by atoms with Crippen LogP contribution in [0.5, 0.6) is 5.75 Å². The molecular formula is C16H18ClNO. The van der Waals surface area contributed by atoms with Crippen molar-refractivity contribution in [3.63, 3.8) is 0 Å². The fraction of sp³-hybridized carbons (Fsp3) is 0.250. The van der Waals surface area contributed by atoms with Crippen molar-refractivity contribution in [1.82, 2.24) is 5.32 Å². The molecule has 0 saturated heterocycles. The van der Waals surface area contributed by atoms with Crippen LogP contribution in [0.2, 0.25) is 5.02 Å². The summed E-state index contributed by atoms with van der Waals surface area (Å²) in [6.07, 6.45) is 0. The van der Waals surface area contributed by atoms with Crippen LogP contribution in [0.4, 0.5) is 0 Å². The molecule has 2 rings (SSSR count). The highest BCUT2D eigenvalue weighted by Crippen LogP contribution is 2.17. The van der Waals surface area contributed by atoms with E-state index in [0.717, 1.165) is 29.4 Å². The minimum Gasteiger partial charge on any atom is -0.497 e. The van der Waals surface area contributed by atoms with E-state index < -0.39 is 0 Å². The first-order valence-corrected chi connectivity index (χ1v) is 6.65. The van der Waals surface area contributed by atoms with Gasteiger partial charge in [0.2, 0.25) is 0 Å². The van der Waals surface area contributed by atoms with Crippen molar-refractivity contribution in [2.45, 2.75) is 20.0 Å². The summed E-state index contributed by atoms with van der Waals surface area (Å²) in [5, 5.41) is 4.22. The molecule has 0 radical (unpaired) electrons. The van der Waals surface area contributed by atoms with Gasteiger partial charge in [0.25, 0.3) is 0 Å². The van der Waals surface area contributed by atoms with E-state index in [2.05, 4.69) is 17.4 Å². The zero-order valence-electron chi connectivity index (χ0n) is 11.2. The van der Waals surface area contributed by atoms with Crippen LogP contribution >= 0.6 is 11.6 Å². The zero-order chi connectivity index (χ0) is 13.7. The van der Waals surface area contributed by atoms with Gasteiger partial charge < -0.3 is 10.1 Å². The average Bonchev–Trinajstić information content (AvgIpc) is 2.43. The number of ether oxygens (including phenoxy) is 1. The fourth-order valence-corrected chi connectivity index (χ4v) is 2.08. The fourth-order valence-electron chi connectivity index (χ4n) is 1.88. The van der Waals surface area contributed by atoms with E-state index in [4.69, 9.17) is 16.3 Å². The quantitative estimate of drug-likeness (QED) is 0.892. The second-order valence-electron chi connectivity index (χ2n) is 4.54. The van der Waals surface area contributed by atoms with Gasteiger partial charge in [-0.25, -0.2) is 0 Å². The molecule has 0 aromatic heterocycles. The van der Waals surface area contributed by atoms with E-state index in [1.54, 1.807) is 7.11 Å². The zero-order valence-corrected chi connectivity index (χ0v) is 12.0. The van der Waals surface area contributed by atoms with Crippen molar-refractivity contribution in [2.75, 3.05) is 7.11 Å². The molecule has 0 saturated carbocycles. The maximum absolute atomic E-state index is 6.11. The minimum absolute atomic E-state index is 0.803. The lowest BCUT2D eigenvalue weighted by Gasteiger charge is -2.08. The summed E-state index contributed by atoms with van der Waals surface area (Å²) in [6.45, 7) is 3.62. The van der Waals surface area contributed by atoms with Gasteiger partial charge in [-0.1, -0.05) is 35.9 Å². The van der Waals surface area contributed by atoms with Gasteiger partial charge in [-0.2, -0.15) is 0 Å². The van der Waals surface area contributed by atoms with Crippen LogP contribution in [0.25, 0.3) is 0 Å². The van der Waals surface area contributed by atoms with Gasteiger partial charge in [0.1, 0.15) is 5.75 Å². The Kier molecular flexibility index (Phi) is 4.83. The molecule has 2 aromatic carbocycles. The van der Waals surface area contributed by atoms with Crippen LogP contribution in [0.15, 0.2) is 42.5 Å². The lowest BCUT2D eigenvalue weighted by atomic mass is 10.1. The summed E-state index contributed by atoms with van der Waals surface area (Å²) in [4.78, 5) is 0. The molecule has 19 heavy (non-hydrogen) atoms. The summed E-state index contributed by atoms with van der Waals surface area (Å²) < 4.78 is 5.20. The van der Waals surface area contributed by atoms with Crippen LogP contribution in [-0.2, 0) is 13.1 Å². The van der Waals surface area contributed by atoms with E-state index in [1.807, 2.05) is 37.3 Å². The predicted octanol–water partition coefficient (Wildman–Crippen LogP) is 3.95. The molecule has 0 unspecified atom stereocenters. The smallest absolute Gasteiger partial charge is 0.119 e. The van der Waals surface area contributed by atoms with Gasteiger partial charge in [-0.3, -0.25) is 0 Å².